The molecule has 7 nitrogen and oxygen atoms in total. The van der Waals surface area contributed by atoms with Gasteiger partial charge in [0.2, 0.25) is 5.91 Å². The van der Waals surface area contributed by atoms with E-state index in [1.165, 1.54) is 13.2 Å². The minimum absolute atomic E-state index is 0.332. The lowest BCUT2D eigenvalue weighted by molar-refractivity contribution is -0.133. The van der Waals surface area contributed by atoms with Gasteiger partial charge in [0.05, 0.1) is 12.1 Å². The SMILES string of the molecule is COc1ccc(NC(=O)CN2C(=O)N[C@](C)(c3cccc4ccccc34)C2=O)cc1Cl. The van der Waals surface area contributed by atoms with E-state index in [4.69, 9.17) is 16.3 Å². The zero-order valence-electron chi connectivity index (χ0n) is 16.9. The molecule has 1 atom stereocenters. The minimum atomic E-state index is -1.28. The quantitative estimate of drug-likeness (QED) is 0.592. The van der Waals surface area contributed by atoms with Crippen molar-refractivity contribution in [2.45, 2.75) is 12.5 Å². The van der Waals surface area contributed by atoms with Gasteiger partial charge in [0.25, 0.3) is 5.91 Å². The van der Waals surface area contributed by atoms with Crippen LogP contribution in [0.3, 0.4) is 0 Å². The number of nitrogens with zero attached hydrogens (tertiary/aromatic N) is 1. The van der Waals surface area contributed by atoms with Crippen molar-refractivity contribution < 1.29 is 19.1 Å². The number of imide groups is 1. The number of fused-ring (bicyclic) bond motifs is 1. The van der Waals surface area contributed by atoms with Gasteiger partial charge in [0, 0.05) is 5.69 Å². The number of urea groups is 1. The molecule has 0 saturated carbocycles. The third-order valence-corrected chi connectivity index (χ3v) is 5.64. The van der Waals surface area contributed by atoms with Crippen LogP contribution in [0.5, 0.6) is 5.75 Å². The average molecular weight is 438 g/mol. The fraction of sp³-hybridized carbons (Fsp3) is 0.174. The second kappa shape index (κ2) is 7.92. The Balaban J connectivity index is 1.55. The second-order valence-electron chi connectivity index (χ2n) is 7.37. The Labute approximate surface area is 183 Å². The Morgan fingerprint density at radius 2 is 1.87 bits per heavy atom. The van der Waals surface area contributed by atoms with Crippen LogP contribution in [0.1, 0.15) is 12.5 Å². The van der Waals surface area contributed by atoms with Crippen LogP contribution in [-0.2, 0) is 15.1 Å². The molecule has 1 saturated heterocycles. The molecule has 0 spiro atoms. The van der Waals surface area contributed by atoms with Gasteiger partial charge in [-0.05, 0) is 41.5 Å². The summed E-state index contributed by atoms with van der Waals surface area (Å²) in [6.07, 6.45) is 0. The molecule has 3 aromatic rings. The maximum Gasteiger partial charge on any atom is 0.325 e. The number of benzene rings is 3. The third kappa shape index (κ3) is 3.68. The van der Waals surface area contributed by atoms with Crippen molar-refractivity contribution in [1.29, 1.82) is 0 Å². The number of carbonyl (C=O) groups is 3. The van der Waals surface area contributed by atoms with E-state index in [9.17, 15) is 14.4 Å². The molecule has 0 aromatic heterocycles. The molecule has 8 heteroatoms. The molecule has 3 aromatic carbocycles. The zero-order chi connectivity index (χ0) is 22.2. The summed E-state index contributed by atoms with van der Waals surface area (Å²) in [5.74, 6) is -0.539. The van der Waals surface area contributed by atoms with E-state index >= 15 is 0 Å². The molecule has 2 N–H and O–H groups in total. The molecule has 1 aliphatic rings. The second-order valence-corrected chi connectivity index (χ2v) is 7.78. The predicted molar refractivity (Wildman–Crippen MR) is 118 cm³/mol. The molecule has 0 bridgehead atoms. The molecule has 1 aliphatic heterocycles. The first-order chi connectivity index (χ1) is 14.8. The minimum Gasteiger partial charge on any atom is -0.495 e. The molecule has 4 amide bonds. The van der Waals surface area contributed by atoms with Crippen molar-refractivity contribution >= 4 is 45.9 Å². The summed E-state index contributed by atoms with van der Waals surface area (Å²) in [6.45, 7) is 1.23. The van der Waals surface area contributed by atoms with Gasteiger partial charge >= 0.3 is 6.03 Å². The summed E-state index contributed by atoms with van der Waals surface area (Å²) in [6, 6.07) is 17.4. The summed E-state index contributed by atoms with van der Waals surface area (Å²) in [5, 5.41) is 7.55. The Hall–Kier alpha value is -3.58. The van der Waals surface area contributed by atoms with Crippen LogP contribution < -0.4 is 15.4 Å². The number of halogens is 1. The van der Waals surface area contributed by atoms with Gasteiger partial charge in [-0.1, -0.05) is 54.1 Å². The Morgan fingerprint density at radius 1 is 1.13 bits per heavy atom. The number of carbonyl (C=O) groups excluding carboxylic acids is 3. The maximum atomic E-state index is 13.2. The number of hydrogen-bond donors (Lipinski definition) is 2. The van der Waals surface area contributed by atoms with Gasteiger partial charge in [-0.3, -0.25) is 14.5 Å². The van der Waals surface area contributed by atoms with Gasteiger partial charge in [-0.15, -0.1) is 0 Å². The third-order valence-electron chi connectivity index (χ3n) is 5.34. The van der Waals surface area contributed by atoms with E-state index in [0.29, 0.717) is 22.0 Å². The van der Waals surface area contributed by atoms with Crippen LogP contribution in [0.2, 0.25) is 5.02 Å². The molecule has 0 aliphatic carbocycles. The van der Waals surface area contributed by atoms with Crippen LogP contribution in [0.25, 0.3) is 10.8 Å². The van der Waals surface area contributed by atoms with Crippen molar-refractivity contribution in [2.24, 2.45) is 0 Å². The fourth-order valence-electron chi connectivity index (χ4n) is 3.77. The molecular weight excluding hydrogens is 418 g/mol. The fourth-order valence-corrected chi connectivity index (χ4v) is 4.03. The summed E-state index contributed by atoms with van der Waals surface area (Å²) >= 11 is 6.08. The predicted octanol–water partition coefficient (Wildman–Crippen LogP) is 3.91. The Bertz CT molecular complexity index is 1210. The summed E-state index contributed by atoms with van der Waals surface area (Å²) < 4.78 is 5.09. The van der Waals surface area contributed by atoms with E-state index in [0.717, 1.165) is 15.7 Å². The maximum absolute atomic E-state index is 13.2. The highest BCUT2D eigenvalue weighted by molar-refractivity contribution is 6.32. The summed E-state index contributed by atoms with van der Waals surface area (Å²) in [7, 11) is 1.49. The number of nitrogens with one attached hydrogen (secondary N) is 2. The van der Waals surface area contributed by atoms with Crippen molar-refractivity contribution in [2.75, 3.05) is 19.0 Å². The molecule has 1 fully saturated rings. The van der Waals surface area contributed by atoms with Crippen LogP contribution in [0.15, 0.2) is 60.7 Å². The van der Waals surface area contributed by atoms with Crippen LogP contribution in [0.4, 0.5) is 10.5 Å². The molecule has 0 radical (unpaired) electrons. The van der Waals surface area contributed by atoms with Gasteiger partial charge in [0.15, 0.2) is 0 Å². The molecule has 1 heterocycles. The van der Waals surface area contributed by atoms with Crippen LogP contribution in [-0.4, -0.2) is 36.4 Å². The zero-order valence-corrected chi connectivity index (χ0v) is 17.7. The van der Waals surface area contributed by atoms with Crippen molar-refractivity contribution in [3.8, 4) is 5.75 Å². The summed E-state index contributed by atoms with van der Waals surface area (Å²) in [5.41, 5.74) is -0.171. The lowest BCUT2D eigenvalue weighted by Crippen LogP contribution is -2.42. The van der Waals surface area contributed by atoms with E-state index in [1.54, 1.807) is 19.1 Å². The highest BCUT2D eigenvalue weighted by Gasteiger charge is 2.50. The van der Waals surface area contributed by atoms with Crippen molar-refractivity contribution in [1.82, 2.24) is 10.2 Å². The molecule has 4 rings (SSSR count). The van der Waals surface area contributed by atoms with Gasteiger partial charge in [-0.2, -0.15) is 0 Å². The van der Waals surface area contributed by atoms with Crippen LogP contribution in [0, 0.1) is 0 Å². The van der Waals surface area contributed by atoms with E-state index in [2.05, 4.69) is 10.6 Å². The standard InChI is InChI=1S/C23H20ClN3O4/c1-23(17-9-5-7-14-6-3-4-8-16(14)17)21(29)27(22(30)26-23)13-20(28)25-15-10-11-19(31-2)18(24)12-15/h3-12H,13H2,1-2H3,(H,25,28)(H,26,30)/t23-/m1/s1. The number of amides is 4. The Morgan fingerprint density at radius 3 is 2.61 bits per heavy atom. The van der Waals surface area contributed by atoms with Gasteiger partial charge < -0.3 is 15.4 Å². The average Bonchev–Trinajstić information content (AvgIpc) is 2.97. The van der Waals surface area contributed by atoms with E-state index < -0.39 is 29.9 Å². The van der Waals surface area contributed by atoms with E-state index in [1.807, 2.05) is 42.5 Å². The number of hydrogen-bond acceptors (Lipinski definition) is 4. The lowest BCUT2D eigenvalue weighted by atomic mass is 9.88. The molecular formula is C23H20ClN3O4. The van der Waals surface area contributed by atoms with Gasteiger partial charge in [-0.25, -0.2) is 4.79 Å². The Kier molecular flexibility index (Phi) is 5.29. The first-order valence-electron chi connectivity index (χ1n) is 9.59. The van der Waals surface area contributed by atoms with E-state index in [-0.39, 0.29) is 0 Å². The smallest absolute Gasteiger partial charge is 0.325 e. The first kappa shape index (κ1) is 20.7. The van der Waals surface area contributed by atoms with Gasteiger partial charge in [0.1, 0.15) is 17.8 Å². The normalized spacial score (nSPS) is 18.2. The van der Waals surface area contributed by atoms with Crippen LogP contribution >= 0.6 is 11.6 Å². The van der Waals surface area contributed by atoms with Crippen molar-refractivity contribution in [3.05, 3.63) is 71.2 Å². The monoisotopic (exact) mass is 437 g/mol. The number of methoxy groups -OCH3 is 1. The number of rotatable bonds is 5. The topological polar surface area (TPSA) is 87.7 Å². The lowest BCUT2D eigenvalue weighted by Gasteiger charge is -2.24. The number of anilines is 1. The highest BCUT2D eigenvalue weighted by Crippen LogP contribution is 2.34. The molecule has 158 valence electrons. The molecule has 0 unspecified atom stereocenters. The van der Waals surface area contributed by atoms with Crippen molar-refractivity contribution in [3.63, 3.8) is 0 Å². The largest absolute Gasteiger partial charge is 0.495 e. The summed E-state index contributed by atoms with van der Waals surface area (Å²) in [4.78, 5) is 39.3. The highest BCUT2D eigenvalue weighted by atomic mass is 35.5. The number of ether oxygens (including phenoxy) is 1. The molecule has 31 heavy (non-hydrogen) atoms. The first-order valence-corrected chi connectivity index (χ1v) is 9.97.